The highest BCUT2D eigenvalue weighted by Crippen LogP contribution is 2.40. The standard InChI is InChI=1S/C23H27F2N3O/c1-16-15-28(12-13-29-18-6-4-3-5-7-18)11-10-23(16,2)17-8-9-19-20(14-17)27-22(26-19)21(24)25/h3-9,14,16,21H,10-13,15H2,1-2H3,(H,26,27)/t16-,23-/m0/s1. The van der Waals surface area contributed by atoms with Crippen molar-refractivity contribution in [3.8, 4) is 5.75 Å². The number of likely N-dealkylation sites (tertiary alicyclic amines) is 1. The van der Waals surface area contributed by atoms with Crippen LogP contribution in [0, 0.1) is 5.92 Å². The molecule has 2 heterocycles. The average Bonchev–Trinajstić information content (AvgIpc) is 3.15. The Morgan fingerprint density at radius 2 is 2.03 bits per heavy atom. The van der Waals surface area contributed by atoms with Gasteiger partial charge >= 0.3 is 0 Å². The van der Waals surface area contributed by atoms with Crippen LogP contribution in [0.5, 0.6) is 5.75 Å². The summed E-state index contributed by atoms with van der Waals surface area (Å²) >= 11 is 0. The fourth-order valence-corrected chi connectivity index (χ4v) is 4.24. The van der Waals surface area contributed by atoms with Gasteiger partial charge in [0.15, 0.2) is 5.82 Å². The van der Waals surface area contributed by atoms with Crippen LogP contribution in [0.1, 0.15) is 38.1 Å². The minimum atomic E-state index is -2.58. The van der Waals surface area contributed by atoms with Crippen LogP contribution in [-0.2, 0) is 5.41 Å². The molecule has 0 bridgehead atoms. The smallest absolute Gasteiger partial charge is 0.295 e. The summed E-state index contributed by atoms with van der Waals surface area (Å²) in [5, 5.41) is 0. The topological polar surface area (TPSA) is 41.1 Å². The Kier molecular flexibility index (Phi) is 5.54. The first-order valence-electron chi connectivity index (χ1n) is 10.1. The van der Waals surface area contributed by atoms with E-state index in [0.717, 1.165) is 31.8 Å². The molecule has 1 fully saturated rings. The van der Waals surface area contributed by atoms with Crippen molar-refractivity contribution in [1.82, 2.24) is 14.9 Å². The third kappa shape index (κ3) is 4.13. The van der Waals surface area contributed by atoms with E-state index in [9.17, 15) is 8.78 Å². The first kappa shape index (κ1) is 19.8. The number of rotatable bonds is 6. The van der Waals surface area contributed by atoms with Crippen LogP contribution in [0.4, 0.5) is 8.78 Å². The number of piperidine rings is 1. The molecule has 29 heavy (non-hydrogen) atoms. The maximum atomic E-state index is 12.9. The highest BCUT2D eigenvalue weighted by Gasteiger charge is 2.38. The molecule has 0 unspecified atom stereocenters. The molecule has 2 aromatic carbocycles. The number of aromatic nitrogens is 2. The van der Waals surface area contributed by atoms with Crippen molar-refractivity contribution in [2.75, 3.05) is 26.2 Å². The van der Waals surface area contributed by atoms with Gasteiger partial charge in [0.1, 0.15) is 12.4 Å². The molecule has 1 aliphatic rings. The molecule has 0 spiro atoms. The molecule has 1 N–H and O–H groups in total. The van der Waals surface area contributed by atoms with Gasteiger partial charge < -0.3 is 9.72 Å². The number of nitrogens with one attached hydrogen (secondary N) is 1. The van der Waals surface area contributed by atoms with E-state index in [1.165, 1.54) is 5.56 Å². The number of aromatic amines is 1. The number of para-hydroxylation sites is 1. The zero-order chi connectivity index (χ0) is 20.4. The molecule has 2 atom stereocenters. The van der Waals surface area contributed by atoms with E-state index in [4.69, 9.17) is 4.74 Å². The lowest BCUT2D eigenvalue weighted by molar-refractivity contribution is 0.0971. The van der Waals surface area contributed by atoms with Crippen molar-refractivity contribution < 1.29 is 13.5 Å². The number of hydrogen-bond acceptors (Lipinski definition) is 3. The highest BCUT2D eigenvalue weighted by atomic mass is 19.3. The number of ether oxygens (including phenoxy) is 1. The van der Waals surface area contributed by atoms with Crippen LogP contribution in [0.15, 0.2) is 48.5 Å². The molecule has 4 rings (SSSR count). The zero-order valence-electron chi connectivity index (χ0n) is 16.9. The molecule has 0 radical (unpaired) electrons. The molecule has 4 nitrogen and oxygen atoms in total. The number of imidazole rings is 1. The summed E-state index contributed by atoms with van der Waals surface area (Å²) in [6.07, 6.45) is -1.57. The Hall–Kier alpha value is -2.47. The largest absolute Gasteiger partial charge is 0.492 e. The number of halogens is 2. The third-order valence-corrected chi connectivity index (χ3v) is 6.35. The number of hydrogen-bond donors (Lipinski definition) is 1. The zero-order valence-corrected chi connectivity index (χ0v) is 16.9. The minimum Gasteiger partial charge on any atom is -0.492 e. The number of H-pyrrole nitrogens is 1. The van der Waals surface area contributed by atoms with Gasteiger partial charge in [-0.15, -0.1) is 0 Å². The van der Waals surface area contributed by atoms with E-state index in [1.54, 1.807) is 0 Å². The predicted molar refractivity (Wildman–Crippen MR) is 111 cm³/mol. The van der Waals surface area contributed by atoms with Crippen molar-refractivity contribution in [2.24, 2.45) is 5.92 Å². The fourth-order valence-electron chi connectivity index (χ4n) is 4.24. The second kappa shape index (κ2) is 8.11. The lowest BCUT2D eigenvalue weighted by atomic mass is 9.68. The van der Waals surface area contributed by atoms with Crippen LogP contribution in [0.3, 0.4) is 0 Å². The van der Waals surface area contributed by atoms with Gasteiger partial charge in [0.05, 0.1) is 11.0 Å². The Labute approximate surface area is 169 Å². The molecule has 0 saturated carbocycles. The van der Waals surface area contributed by atoms with E-state index in [0.29, 0.717) is 23.6 Å². The maximum absolute atomic E-state index is 12.9. The lowest BCUT2D eigenvalue weighted by Crippen LogP contribution is -2.48. The molecule has 0 aliphatic carbocycles. The Morgan fingerprint density at radius 3 is 2.76 bits per heavy atom. The number of fused-ring (bicyclic) bond motifs is 1. The lowest BCUT2D eigenvalue weighted by Gasteiger charge is -2.45. The molecule has 1 aromatic heterocycles. The Balaban J connectivity index is 1.41. The third-order valence-electron chi connectivity index (χ3n) is 6.35. The van der Waals surface area contributed by atoms with Gasteiger partial charge in [0, 0.05) is 13.1 Å². The molecular formula is C23H27F2N3O. The van der Waals surface area contributed by atoms with Gasteiger partial charge in [-0.1, -0.05) is 38.1 Å². The maximum Gasteiger partial charge on any atom is 0.295 e. The van der Waals surface area contributed by atoms with Crippen LogP contribution < -0.4 is 4.74 Å². The van der Waals surface area contributed by atoms with Crippen LogP contribution >= 0.6 is 0 Å². The second-order valence-corrected chi connectivity index (χ2v) is 8.19. The Bertz CT molecular complexity index is 959. The normalized spacial score (nSPS) is 23.0. The van der Waals surface area contributed by atoms with Crippen molar-refractivity contribution in [3.63, 3.8) is 0 Å². The molecular weight excluding hydrogens is 372 g/mol. The number of alkyl halides is 2. The number of benzene rings is 2. The molecule has 154 valence electrons. The fraction of sp³-hybridized carbons (Fsp3) is 0.435. The second-order valence-electron chi connectivity index (χ2n) is 8.19. The highest BCUT2D eigenvalue weighted by molar-refractivity contribution is 5.76. The molecule has 1 aliphatic heterocycles. The summed E-state index contributed by atoms with van der Waals surface area (Å²) in [7, 11) is 0. The van der Waals surface area contributed by atoms with Gasteiger partial charge in [-0.25, -0.2) is 13.8 Å². The van der Waals surface area contributed by atoms with Gasteiger partial charge in [-0.2, -0.15) is 0 Å². The van der Waals surface area contributed by atoms with Gasteiger partial charge in [-0.05, 0) is 54.1 Å². The van der Waals surface area contributed by atoms with Crippen molar-refractivity contribution >= 4 is 11.0 Å². The molecule has 0 amide bonds. The van der Waals surface area contributed by atoms with Gasteiger partial charge in [-0.3, -0.25) is 4.90 Å². The first-order chi connectivity index (χ1) is 14.0. The summed E-state index contributed by atoms with van der Waals surface area (Å²) in [6, 6.07) is 15.8. The molecule has 6 heteroatoms. The van der Waals surface area contributed by atoms with Gasteiger partial charge in [0.2, 0.25) is 0 Å². The molecule has 1 saturated heterocycles. The number of nitrogens with zero attached hydrogens (tertiary/aromatic N) is 2. The van der Waals surface area contributed by atoms with E-state index in [2.05, 4.69) is 34.8 Å². The van der Waals surface area contributed by atoms with E-state index < -0.39 is 6.43 Å². The monoisotopic (exact) mass is 399 g/mol. The van der Waals surface area contributed by atoms with Crippen LogP contribution in [0.25, 0.3) is 11.0 Å². The average molecular weight is 399 g/mol. The first-order valence-corrected chi connectivity index (χ1v) is 10.1. The SMILES string of the molecule is C[C@H]1CN(CCOc2ccccc2)CC[C@]1(C)c1ccc2[nH]c(C(F)F)nc2c1. The van der Waals surface area contributed by atoms with Gasteiger partial charge in [0.25, 0.3) is 6.43 Å². The summed E-state index contributed by atoms with van der Waals surface area (Å²) in [5.74, 6) is 1.07. The summed E-state index contributed by atoms with van der Waals surface area (Å²) < 4.78 is 31.7. The summed E-state index contributed by atoms with van der Waals surface area (Å²) in [5.41, 5.74) is 2.44. The summed E-state index contributed by atoms with van der Waals surface area (Å²) in [4.78, 5) is 9.23. The van der Waals surface area contributed by atoms with Crippen LogP contribution in [0.2, 0.25) is 0 Å². The summed E-state index contributed by atoms with van der Waals surface area (Å²) in [6.45, 7) is 8.07. The molecule has 3 aromatic rings. The van der Waals surface area contributed by atoms with Crippen LogP contribution in [-0.4, -0.2) is 41.1 Å². The van der Waals surface area contributed by atoms with E-state index >= 15 is 0 Å². The van der Waals surface area contributed by atoms with Crippen molar-refractivity contribution in [1.29, 1.82) is 0 Å². The minimum absolute atomic E-state index is 0.00504. The quantitative estimate of drug-likeness (QED) is 0.621. The van der Waals surface area contributed by atoms with Crippen molar-refractivity contribution in [2.45, 2.75) is 32.1 Å². The Morgan fingerprint density at radius 1 is 1.24 bits per heavy atom. The van der Waals surface area contributed by atoms with Crippen molar-refractivity contribution in [3.05, 3.63) is 59.9 Å². The van der Waals surface area contributed by atoms with E-state index in [-0.39, 0.29) is 11.2 Å². The van der Waals surface area contributed by atoms with E-state index in [1.807, 2.05) is 42.5 Å². The predicted octanol–water partition coefficient (Wildman–Crippen LogP) is 5.18.